The summed E-state index contributed by atoms with van der Waals surface area (Å²) >= 11 is 1.91. The molecule has 0 fully saturated rings. The largest absolute Gasteiger partial charge is 0.309 e. The minimum absolute atomic E-state index is 0.153. The molecule has 1 nitrogen and oxygen atoms in total. The zero-order valence-corrected chi connectivity index (χ0v) is 30.6. The normalized spacial score (nSPS) is 12.9. The van der Waals surface area contributed by atoms with Gasteiger partial charge in [-0.2, -0.15) is 0 Å². The third-order valence-corrected chi connectivity index (χ3v) is 12.2. The summed E-state index contributed by atoms with van der Waals surface area (Å²) in [6.45, 7) is 4.78. The van der Waals surface area contributed by atoms with E-state index in [1.807, 2.05) is 11.3 Å². The van der Waals surface area contributed by atoms with Crippen LogP contribution in [0.25, 0.3) is 64.7 Å². The van der Waals surface area contributed by atoms with E-state index in [0.717, 1.165) is 11.4 Å². The molecule has 2 heteroatoms. The van der Waals surface area contributed by atoms with E-state index in [0.29, 0.717) is 0 Å². The number of rotatable bonds is 6. The van der Waals surface area contributed by atoms with Gasteiger partial charge in [0.15, 0.2) is 0 Å². The summed E-state index contributed by atoms with van der Waals surface area (Å²) in [5.41, 5.74) is 16.1. The molecule has 0 unspecified atom stereocenters. The van der Waals surface area contributed by atoms with Crippen molar-refractivity contribution in [2.75, 3.05) is 4.90 Å². The summed E-state index contributed by atoms with van der Waals surface area (Å²) in [6.07, 6.45) is 0. The van der Waals surface area contributed by atoms with Crippen LogP contribution in [0.15, 0.2) is 188 Å². The Morgan fingerprint density at radius 1 is 0.415 bits per heavy atom. The molecule has 0 N–H and O–H groups in total. The van der Waals surface area contributed by atoms with Gasteiger partial charge in [0.2, 0.25) is 0 Å². The van der Waals surface area contributed by atoms with Gasteiger partial charge >= 0.3 is 0 Å². The van der Waals surface area contributed by atoms with Crippen molar-refractivity contribution in [3.8, 4) is 44.5 Å². The summed E-state index contributed by atoms with van der Waals surface area (Å²) in [5.74, 6) is 0. The van der Waals surface area contributed by atoms with Crippen molar-refractivity contribution in [3.63, 3.8) is 0 Å². The Bertz CT molecular complexity index is 2680. The monoisotopic (exact) mass is 695 g/mol. The van der Waals surface area contributed by atoms with Crippen LogP contribution in [0.2, 0.25) is 0 Å². The summed E-state index contributed by atoms with van der Waals surface area (Å²) in [4.78, 5) is 2.53. The van der Waals surface area contributed by atoms with Gasteiger partial charge in [0.25, 0.3) is 0 Å². The molecular weight excluding hydrogens is 659 g/mol. The van der Waals surface area contributed by atoms with E-state index in [2.05, 4.69) is 207 Å². The van der Waals surface area contributed by atoms with Crippen molar-refractivity contribution in [1.29, 1.82) is 0 Å². The molecule has 0 atom stereocenters. The zero-order valence-electron chi connectivity index (χ0n) is 29.8. The molecule has 9 aromatic rings. The molecule has 0 saturated heterocycles. The third kappa shape index (κ3) is 5.21. The minimum atomic E-state index is -0.153. The Balaban J connectivity index is 1.29. The van der Waals surface area contributed by atoms with Gasteiger partial charge < -0.3 is 4.90 Å². The van der Waals surface area contributed by atoms with Crippen LogP contribution in [0.4, 0.5) is 17.1 Å². The lowest BCUT2D eigenvalue weighted by atomic mass is 9.82. The topological polar surface area (TPSA) is 3.24 Å². The van der Waals surface area contributed by atoms with Crippen molar-refractivity contribution in [2.24, 2.45) is 0 Å². The van der Waals surface area contributed by atoms with E-state index < -0.39 is 0 Å². The van der Waals surface area contributed by atoms with Crippen LogP contribution in [-0.2, 0) is 5.41 Å². The molecule has 53 heavy (non-hydrogen) atoms. The Morgan fingerprint density at radius 2 is 0.887 bits per heavy atom. The van der Waals surface area contributed by atoms with Crippen molar-refractivity contribution in [2.45, 2.75) is 19.3 Å². The molecule has 1 aromatic heterocycles. The predicted molar refractivity (Wildman–Crippen MR) is 228 cm³/mol. The molecule has 1 aliphatic carbocycles. The maximum absolute atomic E-state index is 2.53. The fourth-order valence-corrected chi connectivity index (χ4v) is 9.51. The van der Waals surface area contributed by atoms with Gasteiger partial charge in [0.05, 0.1) is 5.69 Å². The van der Waals surface area contributed by atoms with E-state index in [4.69, 9.17) is 0 Å². The average molecular weight is 696 g/mol. The molecular formula is C51H37NS. The van der Waals surface area contributed by atoms with E-state index in [1.54, 1.807) is 0 Å². The van der Waals surface area contributed by atoms with Crippen LogP contribution < -0.4 is 4.90 Å². The molecule has 1 aliphatic rings. The highest BCUT2D eigenvalue weighted by Gasteiger charge is 2.39. The van der Waals surface area contributed by atoms with E-state index in [1.165, 1.54) is 81.5 Å². The first-order valence-electron chi connectivity index (χ1n) is 18.3. The lowest BCUT2D eigenvalue weighted by Gasteiger charge is -2.30. The molecule has 0 radical (unpaired) electrons. The second-order valence-electron chi connectivity index (χ2n) is 14.5. The lowest BCUT2D eigenvalue weighted by molar-refractivity contribution is 0.661. The van der Waals surface area contributed by atoms with Crippen molar-refractivity contribution in [1.82, 2.24) is 0 Å². The minimum Gasteiger partial charge on any atom is -0.309 e. The molecule has 8 aromatic carbocycles. The highest BCUT2D eigenvalue weighted by Crippen LogP contribution is 2.59. The predicted octanol–water partition coefficient (Wildman–Crippen LogP) is 14.8. The van der Waals surface area contributed by atoms with Crippen molar-refractivity contribution in [3.05, 3.63) is 199 Å². The van der Waals surface area contributed by atoms with Gasteiger partial charge in [-0.05, 0) is 92.5 Å². The Morgan fingerprint density at radius 3 is 1.45 bits per heavy atom. The SMILES string of the molecule is CC1(C)c2ccccc2-c2c1cc1sc3ccc(-c4ccccc4)cc3c1c2N(c1ccc(-c2ccccc2)cc1)c1ccc(-c2ccccc2)cc1. The van der Waals surface area contributed by atoms with Crippen molar-refractivity contribution >= 4 is 48.6 Å². The Labute approximate surface area is 315 Å². The molecule has 0 bridgehead atoms. The van der Waals surface area contributed by atoms with Crippen molar-refractivity contribution < 1.29 is 0 Å². The highest BCUT2D eigenvalue weighted by molar-refractivity contribution is 7.26. The Kier molecular flexibility index (Phi) is 7.42. The molecule has 0 aliphatic heterocycles. The molecule has 252 valence electrons. The lowest BCUT2D eigenvalue weighted by Crippen LogP contribution is -2.16. The van der Waals surface area contributed by atoms with Gasteiger partial charge in [-0.15, -0.1) is 11.3 Å². The summed E-state index contributed by atoms with van der Waals surface area (Å²) in [5, 5.41) is 2.59. The average Bonchev–Trinajstić information content (AvgIpc) is 3.70. The summed E-state index contributed by atoms with van der Waals surface area (Å²) < 4.78 is 2.61. The number of thiophene rings is 1. The van der Waals surface area contributed by atoms with Gasteiger partial charge in [0, 0.05) is 42.5 Å². The van der Waals surface area contributed by atoms with Crippen LogP contribution in [0.5, 0.6) is 0 Å². The maximum Gasteiger partial charge on any atom is 0.0636 e. The molecule has 0 amide bonds. The number of fused-ring (bicyclic) bond motifs is 6. The van der Waals surface area contributed by atoms with Crippen LogP contribution >= 0.6 is 11.3 Å². The van der Waals surface area contributed by atoms with Gasteiger partial charge in [-0.25, -0.2) is 0 Å². The smallest absolute Gasteiger partial charge is 0.0636 e. The zero-order chi connectivity index (χ0) is 35.5. The number of nitrogens with zero attached hydrogens (tertiary/aromatic N) is 1. The van der Waals surface area contributed by atoms with Gasteiger partial charge in [-0.1, -0.05) is 159 Å². The molecule has 0 spiro atoms. The first-order chi connectivity index (χ1) is 26.0. The number of hydrogen-bond acceptors (Lipinski definition) is 2. The molecule has 1 heterocycles. The standard InChI is InChI=1S/C51H37NS/c1-51(2)44-21-13-12-20-42(44)48-45(51)33-47-49(43-32-39(26-31-46(43)53-47)36-18-10-5-11-19-36)50(48)52(40-27-22-37(23-28-40)34-14-6-3-7-15-34)41-29-24-38(25-30-41)35-16-8-4-9-17-35/h3-33H,1-2H3. The quantitative estimate of drug-likeness (QED) is 0.167. The van der Waals surface area contributed by atoms with E-state index >= 15 is 0 Å². The number of anilines is 3. The molecule has 10 rings (SSSR count). The summed E-state index contributed by atoms with van der Waals surface area (Å²) in [6, 6.07) is 68.9. The van der Waals surface area contributed by atoms with Gasteiger partial charge in [-0.3, -0.25) is 0 Å². The number of benzene rings is 8. The Hall–Kier alpha value is -6.22. The number of hydrogen-bond donors (Lipinski definition) is 0. The van der Waals surface area contributed by atoms with Crippen LogP contribution in [0.3, 0.4) is 0 Å². The highest BCUT2D eigenvalue weighted by atomic mass is 32.1. The van der Waals surface area contributed by atoms with Gasteiger partial charge in [0.1, 0.15) is 0 Å². The second kappa shape index (κ2) is 12.5. The third-order valence-electron chi connectivity index (χ3n) is 11.1. The van der Waals surface area contributed by atoms with E-state index in [-0.39, 0.29) is 5.41 Å². The van der Waals surface area contributed by atoms with Crippen LogP contribution in [0, 0.1) is 0 Å². The fraction of sp³-hybridized carbons (Fsp3) is 0.0588. The van der Waals surface area contributed by atoms with Crippen LogP contribution in [-0.4, -0.2) is 0 Å². The fourth-order valence-electron chi connectivity index (χ4n) is 8.38. The first kappa shape index (κ1) is 31.5. The second-order valence-corrected chi connectivity index (χ2v) is 15.6. The summed E-state index contributed by atoms with van der Waals surface area (Å²) in [7, 11) is 0. The maximum atomic E-state index is 2.53. The van der Waals surface area contributed by atoms with Crippen LogP contribution in [0.1, 0.15) is 25.0 Å². The first-order valence-corrected chi connectivity index (χ1v) is 19.2. The van der Waals surface area contributed by atoms with E-state index in [9.17, 15) is 0 Å². The molecule has 0 saturated carbocycles.